The Kier molecular flexibility index (Phi) is 5.04. The molecule has 0 aliphatic heterocycles. The molecule has 0 saturated carbocycles. The topological polar surface area (TPSA) is 68.3 Å². The number of carbonyl (C=O) groups excluding carboxylic acids is 2. The molecule has 0 unspecified atom stereocenters. The van der Waals surface area contributed by atoms with Crippen LogP contribution in [0, 0.1) is 0 Å². The van der Waals surface area contributed by atoms with Crippen LogP contribution in [0.4, 0.5) is 0 Å². The first-order valence-corrected chi connectivity index (χ1v) is 7.99. The van der Waals surface area contributed by atoms with Crippen molar-refractivity contribution in [2.75, 3.05) is 6.54 Å². The van der Waals surface area contributed by atoms with Gasteiger partial charge in [0, 0.05) is 18.5 Å². The zero-order valence-corrected chi connectivity index (χ0v) is 13.8. The molecular formula is C20H18N2O3. The number of hydrogen-bond acceptors (Lipinski definition) is 4. The highest BCUT2D eigenvalue weighted by molar-refractivity contribution is 6.02. The fraction of sp³-hybridized carbons (Fsp3) is 0.150. The van der Waals surface area contributed by atoms with Crippen LogP contribution < -0.4 is 5.32 Å². The van der Waals surface area contributed by atoms with Gasteiger partial charge < -0.3 is 10.1 Å². The molecule has 0 aliphatic rings. The average molecular weight is 334 g/mol. The Morgan fingerprint density at radius 2 is 1.76 bits per heavy atom. The molecule has 3 aromatic rings. The SMILES string of the molecule is CC(=O)NC[C@H](OC(=O)c1nccc2ccccc12)c1ccccc1. The number of nitrogens with zero attached hydrogens (tertiary/aromatic N) is 1. The molecule has 0 aliphatic carbocycles. The molecule has 126 valence electrons. The quantitative estimate of drug-likeness (QED) is 0.727. The Morgan fingerprint density at radius 1 is 1.04 bits per heavy atom. The summed E-state index contributed by atoms with van der Waals surface area (Å²) < 4.78 is 5.66. The normalized spacial score (nSPS) is 11.7. The third-order valence-corrected chi connectivity index (χ3v) is 3.82. The number of nitrogens with one attached hydrogen (secondary N) is 1. The molecule has 2 aromatic carbocycles. The second-order valence-electron chi connectivity index (χ2n) is 5.62. The van der Waals surface area contributed by atoms with Crippen LogP contribution in [0.2, 0.25) is 0 Å². The standard InChI is InChI=1S/C20H18N2O3/c1-14(23)22-13-18(16-8-3-2-4-9-16)25-20(24)19-17-10-6-5-7-15(17)11-12-21-19/h2-12,18H,13H2,1H3,(H,22,23)/t18-/m0/s1. The van der Waals surface area contributed by atoms with E-state index in [2.05, 4.69) is 10.3 Å². The van der Waals surface area contributed by atoms with Crippen molar-refractivity contribution in [3.8, 4) is 0 Å². The molecule has 0 spiro atoms. The summed E-state index contributed by atoms with van der Waals surface area (Å²) in [5.41, 5.74) is 1.08. The molecule has 0 saturated heterocycles. The number of ether oxygens (including phenoxy) is 1. The van der Waals surface area contributed by atoms with E-state index in [9.17, 15) is 9.59 Å². The molecule has 1 heterocycles. The summed E-state index contributed by atoms with van der Waals surface area (Å²) in [5.74, 6) is -0.698. The predicted molar refractivity (Wildman–Crippen MR) is 95.0 cm³/mol. The Hall–Kier alpha value is -3.21. The van der Waals surface area contributed by atoms with E-state index >= 15 is 0 Å². The van der Waals surface area contributed by atoms with Gasteiger partial charge in [-0.3, -0.25) is 4.79 Å². The lowest BCUT2D eigenvalue weighted by molar-refractivity contribution is -0.119. The van der Waals surface area contributed by atoms with Crippen LogP contribution in [-0.2, 0) is 9.53 Å². The largest absolute Gasteiger partial charge is 0.451 e. The van der Waals surface area contributed by atoms with Gasteiger partial charge in [0.1, 0.15) is 6.10 Å². The van der Waals surface area contributed by atoms with Gasteiger partial charge in [-0.25, -0.2) is 9.78 Å². The fourth-order valence-corrected chi connectivity index (χ4v) is 2.60. The van der Waals surface area contributed by atoms with Crippen molar-refractivity contribution in [1.29, 1.82) is 0 Å². The van der Waals surface area contributed by atoms with Crippen LogP contribution >= 0.6 is 0 Å². The first-order valence-electron chi connectivity index (χ1n) is 7.99. The molecular weight excluding hydrogens is 316 g/mol. The van der Waals surface area contributed by atoms with Crippen LogP contribution in [0.5, 0.6) is 0 Å². The number of benzene rings is 2. The number of esters is 1. The summed E-state index contributed by atoms with van der Waals surface area (Å²) in [6.45, 7) is 1.63. The number of amides is 1. The van der Waals surface area contributed by atoms with Crippen molar-refractivity contribution < 1.29 is 14.3 Å². The number of carbonyl (C=O) groups is 2. The third kappa shape index (κ3) is 4.01. The summed E-state index contributed by atoms with van der Waals surface area (Å²) in [4.78, 5) is 28.1. The van der Waals surface area contributed by atoms with Crippen molar-refractivity contribution in [3.63, 3.8) is 0 Å². The molecule has 25 heavy (non-hydrogen) atoms. The van der Waals surface area contributed by atoms with Crippen molar-refractivity contribution in [2.24, 2.45) is 0 Å². The molecule has 3 rings (SSSR count). The minimum absolute atomic E-state index is 0.180. The minimum Gasteiger partial charge on any atom is -0.451 e. The van der Waals surface area contributed by atoms with Crippen molar-refractivity contribution in [1.82, 2.24) is 10.3 Å². The van der Waals surface area contributed by atoms with Crippen LogP contribution in [0.3, 0.4) is 0 Å². The number of fused-ring (bicyclic) bond motifs is 1. The molecule has 0 bridgehead atoms. The molecule has 1 atom stereocenters. The van der Waals surface area contributed by atoms with E-state index in [1.165, 1.54) is 6.92 Å². The summed E-state index contributed by atoms with van der Waals surface area (Å²) in [6.07, 6.45) is 1.00. The van der Waals surface area contributed by atoms with Gasteiger partial charge >= 0.3 is 5.97 Å². The molecule has 5 heteroatoms. The lowest BCUT2D eigenvalue weighted by Crippen LogP contribution is -2.28. The number of pyridine rings is 1. The molecule has 1 amide bonds. The van der Waals surface area contributed by atoms with Gasteiger partial charge in [-0.1, -0.05) is 54.6 Å². The Balaban J connectivity index is 1.87. The predicted octanol–water partition coefficient (Wildman–Crippen LogP) is 3.27. The van der Waals surface area contributed by atoms with E-state index in [1.54, 1.807) is 6.20 Å². The maximum absolute atomic E-state index is 12.7. The lowest BCUT2D eigenvalue weighted by atomic mass is 10.1. The van der Waals surface area contributed by atoms with Crippen molar-refractivity contribution in [3.05, 3.63) is 78.1 Å². The number of hydrogen-bond donors (Lipinski definition) is 1. The average Bonchev–Trinajstić information content (AvgIpc) is 2.65. The maximum Gasteiger partial charge on any atom is 0.358 e. The van der Waals surface area contributed by atoms with Gasteiger partial charge in [0.25, 0.3) is 0 Å². The van der Waals surface area contributed by atoms with Gasteiger partial charge in [0.15, 0.2) is 5.69 Å². The van der Waals surface area contributed by atoms with Crippen LogP contribution in [0.1, 0.15) is 29.1 Å². The molecule has 0 radical (unpaired) electrons. The lowest BCUT2D eigenvalue weighted by Gasteiger charge is -2.19. The maximum atomic E-state index is 12.7. The highest BCUT2D eigenvalue weighted by atomic mass is 16.5. The Labute approximate surface area is 145 Å². The fourth-order valence-electron chi connectivity index (χ4n) is 2.60. The van der Waals surface area contributed by atoms with E-state index in [-0.39, 0.29) is 18.1 Å². The highest BCUT2D eigenvalue weighted by Crippen LogP contribution is 2.22. The van der Waals surface area contributed by atoms with E-state index in [1.807, 2.05) is 60.7 Å². The minimum atomic E-state index is -0.585. The van der Waals surface area contributed by atoms with Gasteiger partial charge in [-0.2, -0.15) is 0 Å². The second-order valence-corrected chi connectivity index (χ2v) is 5.62. The van der Waals surface area contributed by atoms with Crippen molar-refractivity contribution in [2.45, 2.75) is 13.0 Å². The van der Waals surface area contributed by atoms with E-state index in [0.29, 0.717) is 0 Å². The summed E-state index contributed by atoms with van der Waals surface area (Å²) in [5, 5.41) is 4.36. The van der Waals surface area contributed by atoms with E-state index < -0.39 is 12.1 Å². The first kappa shape index (κ1) is 16.6. The van der Waals surface area contributed by atoms with Crippen LogP contribution in [0.15, 0.2) is 66.9 Å². The van der Waals surface area contributed by atoms with Gasteiger partial charge in [0.05, 0.1) is 6.54 Å². The van der Waals surface area contributed by atoms with Gasteiger partial charge in [-0.05, 0) is 17.0 Å². The van der Waals surface area contributed by atoms with E-state index in [4.69, 9.17) is 4.74 Å². The zero-order valence-electron chi connectivity index (χ0n) is 13.8. The van der Waals surface area contributed by atoms with Crippen molar-refractivity contribution >= 4 is 22.6 Å². The Morgan fingerprint density at radius 3 is 2.52 bits per heavy atom. The Bertz CT molecular complexity index is 888. The summed E-state index contributed by atoms with van der Waals surface area (Å²) in [7, 11) is 0. The smallest absolute Gasteiger partial charge is 0.358 e. The number of aromatic nitrogens is 1. The monoisotopic (exact) mass is 334 g/mol. The molecule has 1 aromatic heterocycles. The number of rotatable bonds is 5. The summed E-state index contributed by atoms with van der Waals surface area (Å²) in [6, 6.07) is 18.7. The molecule has 1 N–H and O–H groups in total. The summed E-state index contributed by atoms with van der Waals surface area (Å²) >= 11 is 0. The second kappa shape index (κ2) is 7.57. The molecule has 0 fully saturated rings. The highest BCUT2D eigenvalue weighted by Gasteiger charge is 2.20. The third-order valence-electron chi connectivity index (χ3n) is 3.82. The van der Waals surface area contributed by atoms with Crippen LogP contribution in [0.25, 0.3) is 10.8 Å². The molecule has 5 nitrogen and oxygen atoms in total. The van der Waals surface area contributed by atoms with Gasteiger partial charge in [0.2, 0.25) is 5.91 Å². The zero-order chi connectivity index (χ0) is 17.6. The first-order chi connectivity index (χ1) is 12.1. The van der Waals surface area contributed by atoms with E-state index in [0.717, 1.165) is 16.3 Å². The van der Waals surface area contributed by atoms with Crippen LogP contribution in [-0.4, -0.2) is 23.4 Å². The van der Waals surface area contributed by atoms with Gasteiger partial charge in [-0.15, -0.1) is 0 Å².